The molecule has 1 aromatic carbocycles. The van der Waals surface area contributed by atoms with Gasteiger partial charge in [-0.1, -0.05) is 13.8 Å². The normalized spacial score (nSPS) is 24.2. The minimum absolute atomic E-state index is 0.199. The number of benzene rings is 1. The van der Waals surface area contributed by atoms with Crippen molar-refractivity contribution in [3.05, 3.63) is 29.8 Å². The number of hydrogen-bond donors (Lipinski definition) is 0. The smallest absolute Gasteiger partial charge is 0.176 e. The molecule has 3 heteroatoms. The lowest BCUT2D eigenvalue weighted by Gasteiger charge is -2.34. The molecule has 19 heavy (non-hydrogen) atoms. The van der Waals surface area contributed by atoms with E-state index in [1.165, 1.54) is 6.42 Å². The van der Waals surface area contributed by atoms with E-state index in [9.17, 15) is 4.79 Å². The Kier molecular flexibility index (Phi) is 4.59. The summed E-state index contributed by atoms with van der Waals surface area (Å²) in [6.45, 7) is 7.17. The van der Waals surface area contributed by atoms with Crippen molar-refractivity contribution in [1.82, 2.24) is 4.90 Å². The second-order valence-corrected chi connectivity index (χ2v) is 5.63. The lowest BCUT2D eigenvalue weighted by Crippen LogP contribution is -2.41. The van der Waals surface area contributed by atoms with Crippen LogP contribution in [0.2, 0.25) is 0 Å². The van der Waals surface area contributed by atoms with Crippen molar-refractivity contribution in [2.75, 3.05) is 26.7 Å². The van der Waals surface area contributed by atoms with E-state index in [2.05, 4.69) is 18.7 Å². The van der Waals surface area contributed by atoms with Crippen molar-refractivity contribution in [1.29, 1.82) is 0 Å². The number of methoxy groups -OCH3 is 1. The van der Waals surface area contributed by atoms with Gasteiger partial charge in [0.15, 0.2) is 5.78 Å². The van der Waals surface area contributed by atoms with Crippen molar-refractivity contribution in [3.63, 3.8) is 0 Å². The Bertz CT molecular complexity index is 427. The molecule has 3 nitrogen and oxygen atoms in total. The third-order valence-electron chi connectivity index (χ3n) is 4.20. The summed E-state index contributed by atoms with van der Waals surface area (Å²) in [5.74, 6) is 2.44. The predicted octanol–water partition coefficient (Wildman–Crippen LogP) is 2.86. The zero-order chi connectivity index (χ0) is 13.8. The van der Waals surface area contributed by atoms with Crippen molar-refractivity contribution in [2.24, 2.45) is 11.8 Å². The van der Waals surface area contributed by atoms with Crippen LogP contribution >= 0.6 is 0 Å². The Hall–Kier alpha value is -1.35. The second kappa shape index (κ2) is 6.20. The minimum Gasteiger partial charge on any atom is -0.497 e. The first-order chi connectivity index (χ1) is 9.10. The van der Waals surface area contributed by atoms with Gasteiger partial charge in [0.1, 0.15) is 5.75 Å². The number of carbonyl (C=O) groups excluding carboxylic acids is 1. The molecule has 1 aromatic rings. The predicted molar refractivity (Wildman–Crippen MR) is 76.7 cm³/mol. The highest BCUT2D eigenvalue weighted by atomic mass is 16.5. The largest absolute Gasteiger partial charge is 0.497 e. The van der Waals surface area contributed by atoms with E-state index in [1.807, 2.05) is 24.3 Å². The average molecular weight is 261 g/mol. The van der Waals surface area contributed by atoms with Crippen LogP contribution in [-0.4, -0.2) is 37.4 Å². The Morgan fingerprint density at radius 1 is 1.26 bits per heavy atom. The molecule has 0 amide bonds. The number of carbonyl (C=O) groups is 1. The lowest BCUT2D eigenvalue weighted by molar-refractivity contribution is 0.0849. The van der Waals surface area contributed by atoms with Crippen LogP contribution in [0.5, 0.6) is 5.75 Å². The Balaban J connectivity index is 1.93. The number of likely N-dealkylation sites (tertiary alicyclic amines) is 1. The molecule has 1 aliphatic heterocycles. The van der Waals surface area contributed by atoms with Gasteiger partial charge in [0.05, 0.1) is 13.7 Å². The Labute approximate surface area is 115 Å². The third-order valence-corrected chi connectivity index (χ3v) is 4.20. The van der Waals surface area contributed by atoms with Gasteiger partial charge in [0.25, 0.3) is 0 Å². The van der Waals surface area contributed by atoms with E-state index in [-0.39, 0.29) is 5.78 Å². The van der Waals surface area contributed by atoms with Gasteiger partial charge in [0, 0.05) is 12.1 Å². The van der Waals surface area contributed by atoms with Crippen LogP contribution in [-0.2, 0) is 0 Å². The SMILES string of the molecule is COc1ccc(C(=O)CN2CCC(C)C(C)C2)cc1. The molecule has 2 atom stereocenters. The fourth-order valence-corrected chi connectivity index (χ4v) is 2.56. The second-order valence-electron chi connectivity index (χ2n) is 5.63. The summed E-state index contributed by atoms with van der Waals surface area (Å²) >= 11 is 0. The zero-order valence-electron chi connectivity index (χ0n) is 12.1. The van der Waals surface area contributed by atoms with Gasteiger partial charge in [-0.15, -0.1) is 0 Å². The summed E-state index contributed by atoms with van der Waals surface area (Å²) in [5, 5.41) is 0. The van der Waals surface area contributed by atoms with Gasteiger partial charge in [-0.3, -0.25) is 9.69 Å². The summed E-state index contributed by atoms with van der Waals surface area (Å²) in [6.07, 6.45) is 1.19. The highest BCUT2D eigenvalue weighted by molar-refractivity contribution is 5.97. The number of Topliss-reactive ketones (excluding diaryl/α,β-unsaturated/α-hetero) is 1. The van der Waals surface area contributed by atoms with Gasteiger partial charge in [-0.05, 0) is 49.1 Å². The standard InChI is InChI=1S/C16H23NO2/c1-12-8-9-17(10-13(12)2)11-16(18)14-4-6-15(19-3)7-5-14/h4-7,12-13H,8-11H2,1-3H3. The molecule has 1 aliphatic rings. The van der Waals surface area contributed by atoms with Crippen LogP contribution in [0.1, 0.15) is 30.6 Å². The van der Waals surface area contributed by atoms with E-state index in [1.54, 1.807) is 7.11 Å². The van der Waals surface area contributed by atoms with Crippen molar-refractivity contribution in [3.8, 4) is 5.75 Å². The molecule has 0 radical (unpaired) electrons. The summed E-state index contributed by atoms with van der Waals surface area (Å²) in [6, 6.07) is 7.37. The molecule has 0 aromatic heterocycles. The number of ether oxygens (including phenoxy) is 1. The first-order valence-electron chi connectivity index (χ1n) is 6.99. The van der Waals surface area contributed by atoms with Crippen LogP contribution in [0.4, 0.5) is 0 Å². The molecule has 0 saturated carbocycles. The van der Waals surface area contributed by atoms with E-state index in [0.717, 1.165) is 30.3 Å². The van der Waals surface area contributed by atoms with Gasteiger partial charge < -0.3 is 4.74 Å². The van der Waals surface area contributed by atoms with E-state index < -0.39 is 0 Å². The highest BCUT2D eigenvalue weighted by Crippen LogP contribution is 2.22. The molecule has 0 aliphatic carbocycles. The van der Waals surface area contributed by atoms with Crippen LogP contribution in [0.15, 0.2) is 24.3 Å². The van der Waals surface area contributed by atoms with Crippen molar-refractivity contribution in [2.45, 2.75) is 20.3 Å². The molecule has 1 saturated heterocycles. The fourth-order valence-electron chi connectivity index (χ4n) is 2.56. The molecular weight excluding hydrogens is 238 g/mol. The van der Waals surface area contributed by atoms with Gasteiger partial charge in [-0.2, -0.15) is 0 Å². The molecule has 0 N–H and O–H groups in total. The third kappa shape index (κ3) is 3.57. The topological polar surface area (TPSA) is 29.5 Å². The number of hydrogen-bond acceptors (Lipinski definition) is 3. The maximum atomic E-state index is 12.2. The number of rotatable bonds is 4. The van der Waals surface area contributed by atoms with E-state index in [4.69, 9.17) is 4.74 Å². The van der Waals surface area contributed by atoms with Gasteiger partial charge in [-0.25, -0.2) is 0 Å². The van der Waals surface area contributed by atoms with Gasteiger partial charge >= 0.3 is 0 Å². The summed E-state index contributed by atoms with van der Waals surface area (Å²) in [7, 11) is 1.63. The maximum Gasteiger partial charge on any atom is 0.176 e. The molecule has 104 valence electrons. The highest BCUT2D eigenvalue weighted by Gasteiger charge is 2.24. The minimum atomic E-state index is 0.199. The summed E-state index contributed by atoms with van der Waals surface area (Å²) in [5.41, 5.74) is 0.770. The van der Waals surface area contributed by atoms with Crippen LogP contribution < -0.4 is 4.74 Å². The first-order valence-corrected chi connectivity index (χ1v) is 6.99. The van der Waals surface area contributed by atoms with Crippen molar-refractivity contribution >= 4 is 5.78 Å². The van der Waals surface area contributed by atoms with E-state index in [0.29, 0.717) is 12.5 Å². The first kappa shape index (κ1) is 14.1. The number of nitrogens with zero attached hydrogens (tertiary/aromatic N) is 1. The monoisotopic (exact) mass is 261 g/mol. The molecule has 2 unspecified atom stereocenters. The van der Waals surface area contributed by atoms with Crippen LogP contribution in [0, 0.1) is 11.8 Å². The van der Waals surface area contributed by atoms with Crippen LogP contribution in [0.25, 0.3) is 0 Å². The summed E-state index contributed by atoms with van der Waals surface area (Å²) < 4.78 is 5.10. The quantitative estimate of drug-likeness (QED) is 0.781. The zero-order valence-corrected chi connectivity index (χ0v) is 12.1. The average Bonchev–Trinajstić information content (AvgIpc) is 2.43. The van der Waals surface area contributed by atoms with E-state index >= 15 is 0 Å². The number of piperidine rings is 1. The Morgan fingerprint density at radius 3 is 2.53 bits per heavy atom. The van der Waals surface area contributed by atoms with Gasteiger partial charge in [0.2, 0.25) is 0 Å². The van der Waals surface area contributed by atoms with Crippen molar-refractivity contribution < 1.29 is 9.53 Å². The van der Waals surface area contributed by atoms with Crippen LogP contribution in [0.3, 0.4) is 0 Å². The number of ketones is 1. The molecule has 0 spiro atoms. The molecule has 1 fully saturated rings. The molecule has 1 heterocycles. The fraction of sp³-hybridized carbons (Fsp3) is 0.562. The lowest BCUT2D eigenvalue weighted by atomic mass is 9.88. The maximum absolute atomic E-state index is 12.2. The molecule has 2 rings (SSSR count). The molecular formula is C16H23NO2. The Morgan fingerprint density at radius 2 is 1.95 bits per heavy atom. The molecule has 0 bridgehead atoms. The summed E-state index contributed by atoms with van der Waals surface area (Å²) in [4.78, 5) is 14.5.